The van der Waals surface area contributed by atoms with E-state index in [4.69, 9.17) is 9.47 Å². The predicted octanol–water partition coefficient (Wildman–Crippen LogP) is 3.93. The van der Waals surface area contributed by atoms with Crippen LogP contribution in [0.15, 0.2) is 66.9 Å². The predicted molar refractivity (Wildman–Crippen MR) is 115 cm³/mol. The minimum absolute atomic E-state index is 0.110. The van der Waals surface area contributed by atoms with Gasteiger partial charge >= 0.3 is 0 Å². The zero-order valence-corrected chi connectivity index (χ0v) is 16.6. The molecule has 2 aromatic carbocycles. The van der Waals surface area contributed by atoms with Crippen molar-refractivity contribution in [1.29, 1.82) is 0 Å². The van der Waals surface area contributed by atoms with Gasteiger partial charge in [0.15, 0.2) is 0 Å². The van der Waals surface area contributed by atoms with Gasteiger partial charge in [-0.25, -0.2) is 4.98 Å². The molecular formula is C23H25N3O3. The number of carbonyl (C=O) groups excluding carboxylic acids is 1. The number of benzene rings is 2. The number of nitrogens with zero attached hydrogens (tertiary/aromatic N) is 1. The van der Waals surface area contributed by atoms with Crippen molar-refractivity contribution >= 4 is 17.4 Å². The Hall–Kier alpha value is -3.54. The maximum absolute atomic E-state index is 12.2. The number of aromatic nitrogens is 1. The Kier molecular flexibility index (Phi) is 7.05. The van der Waals surface area contributed by atoms with Gasteiger partial charge in [0.05, 0.1) is 32.5 Å². The molecule has 0 aliphatic heterocycles. The largest absolute Gasteiger partial charge is 0.497 e. The lowest BCUT2D eigenvalue weighted by Gasteiger charge is -2.09. The first-order valence-corrected chi connectivity index (χ1v) is 9.42. The molecule has 1 aromatic heterocycles. The molecule has 1 heterocycles. The molecule has 0 spiro atoms. The molecular weight excluding hydrogens is 366 g/mol. The fraction of sp³-hybridized carbons (Fsp3) is 0.217. The fourth-order valence-corrected chi connectivity index (χ4v) is 2.87. The van der Waals surface area contributed by atoms with Gasteiger partial charge in [0.2, 0.25) is 5.91 Å². The quantitative estimate of drug-likeness (QED) is 0.578. The summed E-state index contributed by atoms with van der Waals surface area (Å²) >= 11 is 0. The highest BCUT2D eigenvalue weighted by Crippen LogP contribution is 2.15. The van der Waals surface area contributed by atoms with Gasteiger partial charge in [-0.05, 0) is 53.9 Å². The van der Waals surface area contributed by atoms with Gasteiger partial charge in [-0.1, -0.05) is 24.3 Å². The van der Waals surface area contributed by atoms with Crippen LogP contribution in [0, 0.1) is 0 Å². The average Bonchev–Trinajstić information content (AvgIpc) is 2.75. The molecule has 0 saturated carbocycles. The van der Waals surface area contributed by atoms with Gasteiger partial charge in [-0.15, -0.1) is 0 Å². The van der Waals surface area contributed by atoms with Crippen LogP contribution in [0.3, 0.4) is 0 Å². The Labute approximate surface area is 170 Å². The number of ether oxygens (including phenoxy) is 2. The summed E-state index contributed by atoms with van der Waals surface area (Å²) in [7, 11) is 3.28. The van der Waals surface area contributed by atoms with E-state index >= 15 is 0 Å². The number of methoxy groups -OCH3 is 2. The maximum atomic E-state index is 12.2. The number of hydrogen-bond donors (Lipinski definition) is 2. The summed E-state index contributed by atoms with van der Waals surface area (Å²) in [6.45, 7) is 0.776. The summed E-state index contributed by atoms with van der Waals surface area (Å²) in [4.78, 5) is 16.5. The summed E-state index contributed by atoms with van der Waals surface area (Å²) in [5, 5.41) is 6.15. The molecule has 0 aliphatic carbocycles. The minimum atomic E-state index is -0.110. The third kappa shape index (κ3) is 6.24. The van der Waals surface area contributed by atoms with Crippen LogP contribution in [0.5, 0.6) is 11.5 Å². The molecule has 6 heteroatoms. The standard InChI is InChI=1S/C23H25N3O3/c1-28-20-9-6-18(7-10-20)15-23(27)26-22-11-8-19(16-25-22)24-13-12-17-4-3-5-21(14-17)29-2/h3-11,14,16,24H,12-13,15H2,1-2H3,(H,25,26,27). The van der Waals surface area contributed by atoms with E-state index < -0.39 is 0 Å². The van der Waals surface area contributed by atoms with Crippen molar-refractivity contribution in [1.82, 2.24) is 4.98 Å². The van der Waals surface area contributed by atoms with Crippen LogP contribution >= 0.6 is 0 Å². The van der Waals surface area contributed by atoms with Gasteiger partial charge < -0.3 is 20.1 Å². The first kappa shape index (κ1) is 20.2. The van der Waals surface area contributed by atoms with Crippen molar-refractivity contribution in [2.45, 2.75) is 12.8 Å². The van der Waals surface area contributed by atoms with Gasteiger partial charge in [-0.2, -0.15) is 0 Å². The Morgan fingerprint density at radius 2 is 1.72 bits per heavy atom. The highest BCUT2D eigenvalue weighted by atomic mass is 16.5. The molecule has 0 aliphatic rings. The molecule has 3 aromatic rings. The van der Waals surface area contributed by atoms with Crippen molar-refractivity contribution < 1.29 is 14.3 Å². The highest BCUT2D eigenvalue weighted by Gasteiger charge is 2.06. The summed E-state index contributed by atoms with van der Waals surface area (Å²) in [5.41, 5.74) is 3.02. The van der Waals surface area contributed by atoms with Crippen molar-refractivity contribution in [3.8, 4) is 11.5 Å². The van der Waals surface area contributed by atoms with E-state index in [0.717, 1.165) is 35.7 Å². The minimum Gasteiger partial charge on any atom is -0.497 e. The maximum Gasteiger partial charge on any atom is 0.229 e. The smallest absolute Gasteiger partial charge is 0.229 e. The van der Waals surface area contributed by atoms with Gasteiger partial charge in [0, 0.05) is 6.54 Å². The normalized spacial score (nSPS) is 10.3. The third-order valence-electron chi connectivity index (χ3n) is 4.43. The topological polar surface area (TPSA) is 72.5 Å². The van der Waals surface area contributed by atoms with E-state index in [-0.39, 0.29) is 12.3 Å². The van der Waals surface area contributed by atoms with Crippen LogP contribution in [0.2, 0.25) is 0 Å². The fourth-order valence-electron chi connectivity index (χ4n) is 2.87. The molecule has 0 fully saturated rings. The lowest BCUT2D eigenvalue weighted by atomic mass is 10.1. The van der Waals surface area contributed by atoms with Crippen LogP contribution < -0.4 is 20.1 Å². The van der Waals surface area contributed by atoms with Crippen molar-refractivity contribution in [2.75, 3.05) is 31.4 Å². The van der Waals surface area contributed by atoms with E-state index in [1.807, 2.05) is 48.5 Å². The summed E-state index contributed by atoms with van der Waals surface area (Å²) in [6.07, 6.45) is 2.87. The third-order valence-corrected chi connectivity index (χ3v) is 4.43. The summed E-state index contributed by atoms with van der Waals surface area (Å²) in [5.74, 6) is 2.05. The van der Waals surface area contributed by atoms with Crippen LogP contribution in [0.1, 0.15) is 11.1 Å². The molecule has 6 nitrogen and oxygen atoms in total. The highest BCUT2D eigenvalue weighted by molar-refractivity contribution is 5.91. The van der Waals surface area contributed by atoms with Gasteiger partial charge in [0.25, 0.3) is 0 Å². The number of anilines is 2. The van der Waals surface area contributed by atoms with E-state index in [9.17, 15) is 4.79 Å². The number of rotatable bonds is 9. The molecule has 2 N–H and O–H groups in total. The second kappa shape index (κ2) is 10.1. The van der Waals surface area contributed by atoms with E-state index in [2.05, 4.69) is 21.7 Å². The van der Waals surface area contributed by atoms with E-state index in [0.29, 0.717) is 5.82 Å². The average molecular weight is 391 g/mol. The summed E-state index contributed by atoms with van der Waals surface area (Å²) in [6, 6.07) is 19.1. The molecule has 0 atom stereocenters. The molecule has 0 saturated heterocycles. The van der Waals surface area contributed by atoms with Crippen molar-refractivity contribution in [3.05, 3.63) is 78.0 Å². The molecule has 150 valence electrons. The Morgan fingerprint density at radius 1 is 0.931 bits per heavy atom. The van der Waals surface area contributed by atoms with Gasteiger partial charge in [0.1, 0.15) is 17.3 Å². The molecule has 0 bridgehead atoms. The second-order valence-electron chi connectivity index (χ2n) is 6.53. The van der Waals surface area contributed by atoms with Crippen LogP contribution in [-0.4, -0.2) is 31.7 Å². The molecule has 29 heavy (non-hydrogen) atoms. The van der Waals surface area contributed by atoms with E-state index in [1.54, 1.807) is 26.5 Å². The lowest BCUT2D eigenvalue weighted by Crippen LogP contribution is -2.15. The van der Waals surface area contributed by atoms with Crippen LogP contribution in [-0.2, 0) is 17.6 Å². The monoisotopic (exact) mass is 391 g/mol. The Morgan fingerprint density at radius 3 is 2.41 bits per heavy atom. The first-order valence-electron chi connectivity index (χ1n) is 9.42. The van der Waals surface area contributed by atoms with Crippen molar-refractivity contribution in [3.63, 3.8) is 0 Å². The van der Waals surface area contributed by atoms with Crippen LogP contribution in [0.4, 0.5) is 11.5 Å². The second-order valence-corrected chi connectivity index (χ2v) is 6.53. The Bertz CT molecular complexity index is 925. The molecule has 0 unspecified atom stereocenters. The van der Waals surface area contributed by atoms with Crippen LogP contribution in [0.25, 0.3) is 0 Å². The zero-order valence-electron chi connectivity index (χ0n) is 16.6. The SMILES string of the molecule is COc1ccc(CC(=O)Nc2ccc(NCCc3cccc(OC)c3)cn2)cc1. The Balaban J connectivity index is 1.45. The van der Waals surface area contributed by atoms with E-state index in [1.165, 1.54) is 5.56 Å². The molecule has 3 rings (SSSR count). The summed E-state index contributed by atoms with van der Waals surface area (Å²) < 4.78 is 10.4. The van der Waals surface area contributed by atoms with Gasteiger partial charge in [-0.3, -0.25) is 4.79 Å². The number of pyridine rings is 1. The number of amides is 1. The molecule has 1 amide bonds. The number of hydrogen-bond acceptors (Lipinski definition) is 5. The number of carbonyl (C=O) groups is 1. The number of nitrogens with one attached hydrogen (secondary N) is 2. The zero-order chi connectivity index (χ0) is 20.5. The lowest BCUT2D eigenvalue weighted by molar-refractivity contribution is -0.115. The molecule has 0 radical (unpaired) electrons. The van der Waals surface area contributed by atoms with Crippen molar-refractivity contribution in [2.24, 2.45) is 0 Å². The first-order chi connectivity index (χ1) is 14.2.